The number of piperidine rings is 1. The summed E-state index contributed by atoms with van der Waals surface area (Å²) in [7, 11) is 0. The normalized spacial score (nSPS) is 14.8. The predicted molar refractivity (Wildman–Crippen MR) is 107 cm³/mol. The van der Waals surface area contributed by atoms with Crippen LogP contribution in [0, 0.1) is 17.1 Å². The van der Waals surface area contributed by atoms with Gasteiger partial charge in [-0.25, -0.2) is 14.2 Å². The number of hydrogen-bond acceptors (Lipinski definition) is 6. The highest BCUT2D eigenvalue weighted by Crippen LogP contribution is 2.28. The molecule has 7 nitrogen and oxygen atoms in total. The Bertz CT molecular complexity index is 944. The van der Waals surface area contributed by atoms with Crippen molar-refractivity contribution in [2.24, 2.45) is 0 Å². The van der Waals surface area contributed by atoms with E-state index in [1.54, 1.807) is 17.2 Å². The van der Waals surface area contributed by atoms with Crippen LogP contribution >= 0.6 is 0 Å². The third-order valence-corrected chi connectivity index (χ3v) is 4.75. The van der Waals surface area contributed by atoms with E-state index in [1.165, 1.54) is 18.3 Å². The molecule has 0 saturated carbocycles. The second-order valence-electron chi connectivity index (χ2n) is 8.23. The van der Waals surface area contributed by atoms with Gasteiger partial charge in [-0.1, -0.05) is 6.07 Å². The van der Waals surface area contributed by atoms with Crippen LogP contribution in [0.3, 0.4) is 0 Å². The molecule has 0 bridgehead atoms. The Labute approximate surface area is 175 Å². The average molecular weight is 412 g/mol. The summed E-state index contributed by atoms with van der Waals surface area (Å²) in [6, 6.07) is 6.15. The molecule has 1 amide bonds. The number of carbonyl (C=O) groups excluding carboxylic acids is 1. The molecule has 0 aliphatic carbocycles. The van der Waals surface area contributed by atoms with Crippen LogP contribution in [0.2, 0.25) is 0 Å². The topological polar surface area (TPSA) is 88.3 Å². The lowest BCUT2D eigenvalue weighted by Gasteiger charge is -2.33. The van der Waals surface area contributed by atoms with Crippen molar-refractivity contribution in [2.45, 2.75) is 51.7 Å². The Morgan fingerprint density at radius 1 is 1.30 bits per heavy atom. The van der Waals surface area contributed by atoms with Gasteiger partial charge >= 0.3 is 6.09 Å². The van der Waals surface area contributed by atoms with Crippen LogP contribution in [0.1, 0.15) is 56.4 Å². The summed E-state index contributed by atoms with van der Waals surface area (Å²) in [4.78, 5) is 22.6. The minimum atomic E-state index is -0.514. The molecule has 1 aromatic carbocycles. The molecule has 3 rings (SSSR count). The third kappa shape index (κ3) is 5.66. The summed E-state index contributed by atoms with van der Waals surface area (Å²) in [5.41, 5.74) is 0.874. The molecule has 0 N–H and O–H groups in total. The van der Waals surface area contributed by atoms with E-state index >= 15 is 0 Å². The van der Waals surface area contributed by atoms with Crippen LogP contribution in [0.15, 0.2) is 30.6 Å². The first-order valence-corrected chi connectivity index (χ1v) is 9.86. The van der Waals surface area contributed by atoms with Crippen molar-refractivity contribution in [3.8, 4) is 11.9 Å². The second kappa shape index (κ2) is 9.08. The van der Waals surface area contributed by atoms with Crippen molar-refractivity contribution in [1.29, 1.82) is 5.26 Å². The zero-order valence-electron chi connectivity index (χ0n) is 17.4. The number of rotatable bonds is 4. The molecule has 1 aliphatic rings. The Morgan fingerprint density at radius 2 is 2.03 bits per heavy atom. The van der Waals surface area contributed by atoms with E-state index in [9.17, 15) is 9.18 Å². The third-order valence-electron chi connectivity index (χ3n) is 4.75. The number of benzene rings is 1. The van der Waals surface area contributed by atoms with E-state index in [1.807, 2.05) is 26.8 Å². The maximum Gasteiger partial charge on any atom is 0.410 e. The number of hydrogen-bond donors (Lipinski definition) is 0. The Hall–Kier alpha value is -3.21. The molecule has 2 heterocycles. The van der Waals surface area contributed by atoms with Gasteiger partial charge in [0, 0.05) is 30.8 Å². The predicted octanol–water partition coefficient (Wildman–Crippen LogP) is 4.18. The Morgan fingerprint density at radius 3 is 2.67 bits per heavy atom. The maximum absolute atomic E-state index is 14.0. The van der Waals surface area contributed by atoms with Crippen molar-refractivity contribution in [3.05, 3.63) is 53.2 Å². The fraction of sp³-hybridized carbons (Fsp3) is 0.455. The van der Waals surface area contributed by atoms with Gasteiger partial charge in [-0.2, -0.15) is 5.26 Å². The first-order valence-electron chi connectivity index (χ1n) is 9.86. The summed E-state index contributed by atoms with van der Waals surface area (Å²) in [5.74, 6) is -0.0232. The summed E-state index contributed by atoms with van der Waals surface area (Å²) in [6.45, 7) is 6.71. The van der Waals surface area contributed by atoms with Gasteiger partial charge in [-0.05, 0) is 45.7 Å². The molecule has 0 radical (unpaired) electrons. The lowest BCUT2D eigenvalue weighted by molar-refractivity contribution is 0.0203. The molecule has 0 unspecified atom stereocenters. The number of aromatic nitrogens is 2. The van der Waals surface area contributed by atoms with Crippen LogP contribution in [-0.4, -0.2) is 39.7 Å². The molecule has 0 atom stereocenters. The van der Waals surface area contributed by atoms with E-state index < -0.39 is 11.4 Å². The van der Waals surface area contributed by atoms with E-state index in [2.05, 4.69) is 9.97 Å². The maximum atomic E-state index is 14.0. The van der Waals surface area contributed by atoms with Crippen molar-refractivity contribution < 1.29 is 18.7 Å². The average Bonchev–Trinajstić information content (AvgIpc) is 2.72. The molecule has 1 fully saturated rings. The first kappa shape index (κ1) is 21.5. The second-order valence-corrected chi connectivity index (χ2v) is 8.23. The van der Waals surface area contributed by atoms with E-state index in [-0.39, 0.29) is 24.2 Å². The van der Waals surface area contributed by atoms with Crippen molar-refractivity contribution in [2.75, 3.05) is 13.1 Å². The molecule has 1 aliphatic heterocycles. The molecule has 2 aromatic rings. The highest BCUT2D eigenvalue weighted by Gasteiger charge is 2.28. The number of ether oxygens (including phenoxy) is 2. The van der Waals surface area contributed by atoms with Gasteiger partial charge in [0.15, 0.2) is 0 Å². The Balaban J connectivity index is 1.57. The number of halogens is 1. The molecular formula is C22H25FN4O3. The fourth-order valence-electron chi connectivity index (χ4n) is 3.20. The lowest BCUT2D eigenvalue weighted by atomic mass is 9.94. The molecule has 30 heavy (non-hydrogen) atoms. The van der Waals surface area contributed by atoms with Crippen LogP contribution < -0.4 is 4.74 Å². The standard InChI is InChI=1S/C22H25FN4O3/c1-22(2,3)30-21(28)27-8-6-16(7-9-27)19-12-25-13-20(26-19)29-14-17-5-4-15(11-24)10-18(17)23/h4-5,10,12-13,16H,6-9,14H2,1-3H3. The molecule has 1 aromatic heterocycles. The van der Waals surface area contributed by atoms with Gasteiger partial charge in [0.05, 0.1) is 23.5 Å². The van der Waals surface area contributed by atoms with Crippen LogP contribution in [-0.2, 0) is 11.3 Å². The number of nitriles is 1. The summed E-state index contributed by atoms with van der Waals surface area (Å²) < 4.78 is 25.0. The fourth-order valence-corrected chi connectivity index (χ4v) is 3.20. The molecule has 8 heteroatoms. The number of carbonyl (C=O) groups is 1. The van der Waals surface area contributed by atoms with Crippen molar-refractivity contribution >= 4 is 6.09 Å². The molecule has 0 spiro atoms. The summed E-state index contributed by atoms with van der Waals surface area (Å²) in [6.07, 6.45) is 4.39. The van der Waals surface area contributed by atoms with Gasteiger partial charge in [0.25, 0.3) is 0 Å². The van der Waals surface area contributed by atoms with Crippen molar-refractivity contribution in [1.82, 2.24) is 14.9 Å². The van der Waals surface area contributed by atoms with Gasteiger partial charge in [-0.3, -0.25) is 4.98 Å². The lowest BCUT2D eigenvalue weighted by Crippen LogP contribution is -2.41. The van der Waals surface area contributed by atoms with Gasteiger partial charge < -0.3 is 14.4 Å². The zero-order chi connectivity index (χ0) is 21.7. The summed E-state index contributed by atoms with van der Waals surface area (Å²) in [5, 5.41) is 8.82. The number of amides is 1. The highest BCUT2D eigenvalue weighted by molar-refractivity contribution is 5.68. The van der Waals surface area contributed by atoms with Crippen molar-refractivity contribution in [3.63, 3.8) is 0 Å². The molecular weight excluding hydrogens is 387 g/mol. The first-order chi connectivity index (χ1) is 14.2. The highest BCUT2D eigenvalue weighted by atomic mass is 19.1. The minimum absolute atomic E-state index is 0.00718. The summed E-state index contributed by atoms with van der Waals surface area (Å²) >= 11 is 0. The molecule has 158 valence electrons. The van der Waals surface area contributed by atoms with Crippen LogP contribution in [0.4, 0.5) is 9.18 Å². The zero-order valence-corrected chi connectivity index (χ0v) is 17.4. The molecule has 1 saturated heterocycles. The monoisotopic (exact) mass is 412 g/mol. The van der Waals surface area contributed by atoms with Gasteiger partial charge in [0.2, 0.25) is 5.88 Å². The minimum Gasteiger partial charge on any atom is -0.472 e. The van der Waals surface area contributed by atoms with Gasteiger partial charge in [0.1, 0.15) is 18.0 Å². The number of likely N-dealkylation sites (tertiary alicyclic amines) is 1. The van der Waals surface area contributed by atoms with E-state index in [0.717, 1.165) is 18.5 Å². The smallest absolute Gasteiger partial charge is 0.410 e. The van der Waals surface area contributed by atoms with E-state index in [4.69, 9.17) is 14.7 Å². The van der Waals surface area contributed by atoms with E-state index in [0.29, 0.717) is 24.5 Å². The quantitative estimate of drug-likeness (QED) is 0.748. The SMILES string of the molecule is CC(C)(C)OC(=O)N1CCC(c2cncc(OCc3ccc(C#N)cc3F)n2)CC1. The largest absolute Gasteiger partial charge is 0.472 e. The Kier molecular flexibility index (Phi) is 6.50. The van der Waals surface area contributed by atoms with Crippen LogP contribution in [0.25, 0.3) is 0 Å². The van der Waals surface area contributed by atoms with Gasteiger partial charge in [-0.15, -0.1) is 0 Å². The number of nitrogens with zero attached hydrogens (tertiary/aromatic N) is 4. The van der Waals surface area contributed by atoms with Crippen LogP contribution in [0.5, 0.6) is 5.88 Å².